The molecular weight excluding hydrogens is 130 g/mol. The van der Waals surface area contributed by atoms with E-state index in [1.165, 1.54) is 18.0 Å². The Hall–Kier alpha value is -0.270. The van der Waals surface area contributed by atoms with E-state index >= 15 is 0 Å². The molecule has 7 heavy (non-hydrogen) atoms. The maximum Gasteiger partial charge on any atom is 0.293 e. The standard InChI is InChI=1S/C3H3NOS2/c1-7-3(6)5-2-4/h1H3. The molecule has 0 aromatic carbocycles. The molecule has 4 heteroatoms. The van der Waals surface area contributed by atoms with Gasteiger partial charge in [-0.1, -0.05) is 11.8 Å². The fourth-order valence-electron chi connectivity index (χ4n) is 0.0789. The summed E-state index contributed by atoms with van der Waals surface area (Å²) in [5, 5.41) is 7.79. The highest BCUT2D eigenvalue weighted by atomic mass is 32.2. The Bertz CT molecular complexity index is 106. The van der Waals surface area contributed by atoms with E-state index in [1.807, 2.05) is 0 Å². The smallest absolute Gasteiger partial charge is 0.293 e. The molecule has 0 amide bonds. The minimum absolute atomic E-state index is 0.266. The van der Waals surface area contributed by atoms with Gasteiger partial charge in [-0.05, 0) is 18.5 Å². The predicted molar refractivity (Wildman–Crippen MR) is 32.8 cm³/mol. The van der Waals surface area contributed by atoms with Gasteiger partial charge >= 0.3 is 0 Å². The summed E-state index contributed by atoms with van der Waals surface area (Å²) in [6.45, 7) is 0. The second kappa shape index (κ2) is 3.90. The second-order valence-electron chi connectivity index (χ2n) is 0.647. The van der Waals surface area contributed by atoms with Crippen molar-refractivity contribution in [2.24, 2.45) is 0 Å². The van der Waals surface area contributed by atoms with E-state index in [0.717, 1.165) is 0 Å². The maximum absolute atomic E-state index is 7.79. The lowest BCUT2D eigenvalue weighted by atomic mass is 11.5. The lowest BCUT2D eigenvalue weighted by Gasteiger charge is -1.86. The van der Waals surface area contributed by atoms with E-state index < -0.39 is 0 Å². The van der Waals surface area contributed by atoms with Crippen molar-refractivity contribution in [2.75, 3.05) is 6.26 Å². The quantitative estimate of drug-likeness (QED) is 0.366. The SMILES string of the molecule is CSC(=S)OC#N. The normalized spacial score (nSPS) is 6.86. The van der Waals surface area contributed by atoms with Gasteiger partial charge in [-0.25, -0.2) is 0 Å². The van der Waals surface area contributed by atoms with Crippen LogP contribution in [0.2, 0.25) is 0 Å². The third kappa shape index (κ3) is 3.56. The fraction of sp³-hybridized carbons (Fsp3) is 0.333. The topological polar surface area (TPSA) is 33.0 Å². The average molecular weight is 133 g/mol. The van der Waals surface area contributed by atoms with Gasteiger partial charge in [0.15, 0.2) is 0 Å². The van der Waals surface area contributed by atoms with Crippen LogP contribution < -0.4 is 0 Å². The number of thioether (sulfide) groups is 1. The zero-order valence-corrected chi connectivity index (χ0v) is 5.30. The molecule has 0 spiro atoms. The first-order valence-corrected chi connectivity index (χ1v) is 3.08. The summed E-state index contributed by atoms with van der Waals surface area (Å²) in [5.74, 6) is 0. The molecule has 0 unspecified atom stereocenters. The fourth-order valence-corrected chi connectivity index (χ4v) is 0.237. The Kier molecular flexibility index (Phi) is 3.75. The van der Waals surface area contributed by atoms with Crippen LogP contribution in [-0.2, 0) is 4.74 Å². The van der Waals surface area contributed by atoms with Crippen LogP contribution in [0, 0.1) is 11.5 Å². The van der Waals surface area contributed by atoms with Gasteiger partial charge < -0.3 is 4.74 Å². The summed E-state index contributed by atoms with van der Waals surface area (Å²) in [6.07, 6.45) is 3.21. The van der Waals surface area contributed by atoms with Crippen LogP contribution in [0.4, 0.5) is 0 Å². The van der Waals surface area contributed by atoms with Gasteiger partial charge in [0, 0.05) is 0 Å². The molecule has 0 radical (unpaired) electrons. The maximum atomic E-state index is 7.79. The van der Waals surface area contributed by atoms with Crippen LogP contribution in [0.3, 0.4) is 0 Å². The molecule has 0 bridgehead atoms. The van der Waals surface area contributed by atoms with E-state index in [9.17, 15) is 0 Å². The van der Waals surface area contributed by atoms with Crippen molar-refractivity contribution in [2.45, 2.75) is 0 Å². The van der Waals surface area contributed by atoms with Crippen molar-refractivity contribution < 1.29 is 4.74 Å². The summed E-state index contributed by atoms with van der Waals surface area (Å²) in [6, 6.07) is 0. The third-order valence-electron chi connectivity index (χ3n) is 0.296. The molecule has 0 N–H and O–H groups in total. The third-order valence-corrected chi connectivity index (χ3v) is 1.30. The first kappa shape index (κ1) is 6.73. The van der Waals surface area contributed by atoms with Crippen molar-refractivity contribution in [1.29, 1.82) is 5.26 Å². The van der Waals surface area contributed by atoms with Crippen molar-refractivity contribution in [1.82, 2.24) is 0 Å². The molecule has 38 valence electrons. The Morgan fingerprint density at radius 2 is 2.57 bits per heavy atom. The Morgan fingerprint density at radius 3 is 2.71 bits per heavy atom. The monoisotopic (exact) mass is 133 g/mol. The zero-order valence-electron chi connectivity index (χ0n) is 3.67. The Balaban J connectivity index is 3.23. The van der Waals surface area contributed by atoms with E-state index in [1.54, 1.807) is 6.26 Å². The number of hydrogen-bond acceptors (Lipinski definition) is 4. The van der Waals surface area contributed by atoms with E-state index in [2.05, 4.69) is 17.0 Å². The number of hydrogen-bond donors (Lipinski definition) is 0. The van der Waals surface area contributed by atoms with Crippen LogP contribution in [-0.4, -0.2) is 10.6 Å². The van der Waals surface area contributed by atoms with E-state index in [0.29, 0.717) is 0 Å². The van der Waals surface area contributed by atoms with Crippen LogP contribution >= 0.6 is 24.0 Å². The van der Waals surface area contributed by atoms with Gasteiger partial charge in [0.2, 0.25) is 4.38 Å². The zero-order chi connectivity index (χ0) is 5.70. The molecule has 0 aliphatic rings. The first-order chi connectivity index (χ1) is 3.31. The summed E-state index contributed by atoms with van der Waals surface area (Å²) < 4.78 is 4.46. The molecular formula is C3H3NOS2. The van der Waals surface area contributed by atoms with Gasteiger partial charge in [0.25, 0.3) is 6.26 Å². The molecule has 0 saturated heterocycles. The highest BCUT2D eigenvalue weighted by Gasteiger charge is 1.87. The number of nitriles is 1. The van der Waals surface area contributed by atoms with E-state index in [-0.39, 0.29) is 4.38 Å². The van der Waals surface area contributed by atoms with Gasteiger partial charge in [0.1, 0.15) is 0 Å². The number of ether oxygens (including phenoxy) is 1. The molecule has 0 aliphatic heterocycles. The second-order valence-corrected chi connectivity index (χ2v) is 2.06. The molecule has 0 heterocycles. The molecule has 0 aromatic rings. The molecule has 0 saturated carbocycles. The van der Waals surface area contributed by atoms with Gasteiger partial charge in [-0.15, -0.1) is 5.26 Å². The van der Waals surface area contributed by atoms with Crippen LogP contribution in [0.5, 0.6) is 0 Å². The van der Waals surface area contributed by atoms with Gasteiger partial charge in [0.05, 0.1) is 0 Å². The lowest BCUT2D eigenvalue weighted by Crippen LogP contribution is -1.85. The van der Waals surface area contributed by atoms with Crippen molar-refractivity contribution in [3.63, 3.8) is 0 Å². The van der Waals surface area contributed by atoms with Crippen LogP contribution in [0.15, 0.2) is 0 Å². The van der Waals surface area contributed by atoms with E-state index in [4.69, 9.17) is 5.26 Å². The minimum Gasteiger partial charge on any atom is -0.369 e. The summed E-state index contributed by atoms with van der Waals surface area (Å²) in [7, 11) is 0. The average Bonchev–Trinajstić information content (AvgIpc) is 1.68. The Morgan fingerprint density at radius 1 is 2.00 bits per heavy atom. The molecule has 0 fully saturated rings. The van der Waals surface area contributed by atoms with Crippen LogP contribution in [0.1, 0.15) is 0 Å². The van der Waals surface area contributed by atoms with Gasteiger partial charge in [-0.2, -0.15) is 0 Å². The molecule has 0 atom stereocenters. The van der Waals surface area contributed by atoms with Crippen molar-refractivity contribution >= 4 is 28.4 Å². The van der Waals surface area contributed by atoms with Crippen molar-refractivity contribution in [3.05, 3.63) is 0 Å². The first-order valence-electron chi connectivity index (χ1n) is 1.45. The number of thiocarbonyl (C=S) groups is 1. The molecule has 2 nitrogen and oxygen atoms in total. The lowest BCUT2D eigenvalue weighted by molar-refractivity contribution is 0.526. The van der Waals surface area contributed by atoms with Gasteiger partial charge in [-0.3, -0.25) is 0 Å². The Labute approximate surface area is 51.5 Å². The highest BCUT2D eigenvalue weighted by molar-refractivity contribution is 8.22. The van der Waals surface area contributed by atoms with Crippen molar-refractivity contribution in [3.8, 4) is 6.26 Å². The van der Waals surface area contributed by atoms with Crippen LogP contribution in [0.25, 0.3) is 0 Å². The number of rotatable bonds is 0. The molecule has 0 aromatic heterocycles. The largest absolute Gasteiger partial charge is 0.369 e. The summed E-state index contributed by atoms with van der Waals surface area (Å²) in [4.78, 5) is 0. The molecule has 0 rings (SSSR count). The number of nitrogens with zero attached hydrogens (tertiary/aromatic N) is 1. The summed E-state index contributed by atoms with van der Waals surface area (Å²) in [5.41, 5.74) is 0. The predicted octanol–water partition coefficient (Wildman–Crippen LogP) is 1.13. The summed E-state index contributed by atoms with van der Waals surface area (Å²) >= 11 is 5.71. The highest BCUT2D eigenvalue weighted by Crippen LogP contribution is 1.96. The molecule has 0 aliphatic carbocycles. The minimum atomic E-state index is 0.266.